The fourth-order valence-electron chi connectivity index (χ4n) is 4.70. The number of carbonyl (C=O) groups excluding carboxylic acids is 1. The first-order chi connectivity index (χ1) is 18.4. The van der Waals surface area contributed by atoms with E-state index in [0.29, 0.717) is 37.5 Å². The Hall–Kier alpha value is -4.37. The summed E-state index contributed by atoms with van der Waals surface area (Å²) in [6.45, 7) is 3.48. The second kappa shape index (κ2) is 9.50. The van der Waals surface area contributed by atoms with Crippen LogP contribution in [-0.2, 0) is 9.84 Å². The lowest BCUT2D eigenvalue weighted by atomic mass is 10.0. The third-order valence-corrected chi connectivity index (χ3v) is 8.44. The molecule has 0 bridgehead atoms. The highest BCUT2D eigenvalue weighted by atomic mass is 32.2. The number of fused-ring (bicyclic) bond motifs is 1. The van der Waals surface area contributed by atoms with Crippen LogP contribution in [0.2, 0.25) is 0 Å². The first-order valence-corrected chi connectivity index (χ1v) is 13.8. The van der Waals surface area contributed by atoms with Gasteiger partial charge in [-0.3, -0.25) is 4.79 Å². The lowest BCUT2D eigenvalue weighted by molar-refractivity contribution is 0.0747. The molecule has 0 N–H and O–H groups in total. The quantitative estimate of drug-likeness (QED) is 0.310. The molecule has 0 atom stereocenters. The molecule has 9 heteroatoms. The number of nitrogens with zero attached hydrogens (tertiary/aromatic N) is 3. The molecule has 0 unspecified atom stereocenters. The van der Waals surface area contributed by atoms with Gasteiger partial charge in [-0.25, -0.2) is 8.42 Å². The predicted octanol–water partition coefficient (Wildman–Crippen LogP) is 5.19. The summed E-state index contributed by atoms with van der Waals surface area (Å²) in [4.78, 5) is 21.5. The van der Waals surface area contributed by atoms with Crippen LogP contribution >= 0.6 is 0 Å². The van der Waals surface area contributed by atoms with E-state index in [1.54, 1.807) is 41.3 Å². The van der Waals surface area contributed by atoms with Crippen molar-refractivity contribution in [3.05, 3.63) is 96.3 Å². The van der Waals surface area contributed by atoms with Crippen molar-refractivity contribution in [2.45, 2.75) is 16.8 Å². The lowest BCUT2D eigenvalue weighted by Gasteiger charge is -2.35. The van der Waals surface area contributed by atoms with Crippen molar-refractivity contribution < 1.29 is 22.0 Å². The van der Waals surface area contributed by atoms with Crippen LogP contribution in [0.25, 0.3) is 22.4 Å². The molecule has 6 rings (SSSR count). The number of aryl methyl sites for hydroxylation is 1. The minimum atomic E-state index is -3.97. The molecule has 1 saturated heterocycles. The van der Waals surface area contributed by atoms with Gasteiger partial charge in [-0.15, -0.1) is 0 Å². The molecule has 1 amide bonds. The Bertz CT molecular complexity index is 1710. The Kier molecular flexibility index (Phi) is 6.00. The van der Waals surface area contributed by atoms with Crippen molar-refractivity contribution in [3.8, 4) is 11.7 Å². The van der Waals surface area contributed by atoms with Crippen molar-refractivity contribution >= 4 is 32.4 Å². The average Bonchev–Trinajstić information content (AvgIpc) is 3.64. The van der Waals surface area contributed by atoms with Gasteiger partial charge in [0.15, 0.2) is 5.76 Å². The number of anilines is 1. The third-order valence-electron chi connectivity index (χ3n) is 6.77. The molecule has 192 valence electrons. The lowest BCUT2D eigenvalue weighted by Crippen LogP contribution is -2.49. The summed E-state index contributed by atoms with van der Waals surface area (Å²) < 4.78 is 38.7. The Balaban J connectivity index is 1.30. The Morgan fingerprint density at radius 3 is 2.34 bits per heavy atom. The molecule has 0 spiro atoms. The molecule has 1 aliphatic heterocycles. The summed E-state index contributed by atoms with van der Waals surface area (Å²) in [5.41, 5.74) is 1.60. The number of furan rings is 1. The Labute approximate surface area is 220 Å². The second-order valence-electron chi connectivity index (χ2n) is 9.23. The maximum Gasteiger partial charge on any atom is 0.266 e. The minimum Gasteiger partial charge on any atom is -0.459 e. The standard InChI is InChI=1S/C29H25N3O5S/c1-20-11-13-22(14-12-20)38(34,35)27-29(37-26(30-27)25-10-5-19-36-25)32-17-15-31(16-18-32)28(33)24-9-4-7-21-6-2-3-8-23(21)24/h2-14,19H,15-18H2,1H3. The van der Waals surface area contributed by atoms with E-state index in [1.807, 2.05) is 54.3 Å². The number of amides is 1. The number of benzene rings is 3. The molecule has 5 aromatic rings. The monoisotopic (exact) mass is 527 g/mol. The molecule has 0 saturated carbocycles. The zero-order valence-corrected chi connectivity index (χ0v) is 21.5. The van der Waals surface area contributed by atoms with Crippen LogP contribution in [0.1, 0.15) is 15.9 Å². The van der Waals surface area contributed by atoms with Gasteiger partial charge in [0.25, 0.3) is 11.8 Å². The smallest absolute Gasteiger partial charge is 0.266 e. The Morgan fingerprint density at radius 2 is 1.61 bits per heavy atom. The van der Waals surface area contributed by atoms with Crippen LogP contribution < -0.4 is 4.90 Å². The van der Waals surface area contributed by atoms with E-state index in [1.165, 1.54) is 6.26 Å². The van der Waals surface area contributed by atoms with E-state index >= 15 is 0 Å². The summed E-state index contributed by atoms with van der Waals surface area (Å²) in [6, 6.07) is 23.5. The molecule has 0 aliphatic carbocycles. The fraction of sp³-hybridized carbons (Fsp3) is 0.172. The highest BCUT2D eigenvalue weighted by Gasteiger charge is 2.34. The van der Waals surface area contributed by atoms with Gasteiger partial charge in [-0.05, 0) is 48.0 Å². The van der Waals surface area contributed by atoms with Gasteiger partial charge in [-0.2, -0.15) is 4.98 Å². The summed E-state index contributed by atoms with van der Waals surface area (Å²) >= 11 is 0. The predicted molar refractivity (Wildman–Crippen MR) is 143 cm³/mol. The molecule has 8 nitrogen and oxygen atoms in total. The van der Waals surface area contributed by atoms with Crippen molar-refractivity contribution in [1.29, 1.82) is 0 Å². The van der Waals surface area contributed by atoms with Gasteiger partial charge in [0.05, 0.1) is 11.2 Å². The number of carbonyl (C=O) groups is 1. The molecule has 3 aromatic carbocycles. The first-order valence-electron chi connectivity index (χ1n) is 12.3. The number of hydrogen-bond acceptors (Lipinski definition) is 7. The Morgan fingerprint density at radius 1 is 0.868 bits per heavy atom. The van der Waals surface area contributed by atoms with Gasteiger partial charge < -0.3 is 18.6 Å². The topological polar surface area (TPSA) is 96.9 Å². The van der Waals surface area contributed by atoms with Crippen molar-refractivity contribution in [2.24, 2.45) is 0 Å². The molecular formula is C29H25N3O5S. The highest BCUT2D eigenvalue weighted by Crippen LogP contribution is 2.35. The van der Waals surface area contributed by atoms with Gasteiger partial charge in [0.2, 0.25) is 20.7 Å². The van der Waals surface area contributed by atoms with Crippen LogP contribution in [0.5, 0.6) is 0 Å². The van der Waals surface area contributed by atoms with Crippen molar-refractivity contribution in [1.82, 2.24) is 9.88 Å². The molecule has 1 fully saturated rings. The van der Waals surface area contributed by atoms with E-state index in [2.05, 4.69) is 4.98 Å². The summed E-state index contributed by atoms with van der Waals surface area (Å²) in [5, 5.41) is 1.75. The van der Waals surface area contributed by atoms with Crippen LogP contribution in [0.3, 0.4) is 0 Å². The number of aromatic nitrogens is 1. The van der Waals surface area contributed by atoms with Crippen molar-refractivity contribution in [3.63, 3.8) is 0 Å². The van der Waals surface area contributed by atoms with E-state index < -0.39 is 9.84 Å². The number of oxazole rings is 1. The maximum atomic E-state index is 13.6. The average molecular weight is 528 g/mol. The molecule has 38 heavy (non-hydrogen) atoms. The summed E-state index contributed by atoms with van der Waals surface area (Å²) in [6.07, 6.45) is 1.48. The van der Waals surface area contributed by atoms with E-state index in [4.69, 9.17) is 8.83 Å². The summed E-state index contributed by atoms with van der Waals surface area (Å²) in [5.74, 6) is 0.517. The van der Waals surface area contributed by atoms with Crippen LogP contribution in [-0.4, -0.2) is 50.4 Å². The largest absolute Gasteiger partial charge is 0.459 e. The first kappa shape index (κ1) is 24.0. The van der Waals surface area contributed by atoms with E-state index in [0.717, 1.165) is 16.3 Å². The molecule has 0 radical (unpaired) electrons. The zero-order valence-electron chi connectivity index (χ0n) is 20.7. The molecule has 2 aromatic heterocycles. The maximum absolute atomic E-state index is 13.6. The molecular weight excluding hydrogens is 502 g/mol. The number of piperazine rings is 1. The third kappa shape index (κ3) is 4.24. The zero-order chi connectivity index (χ0) is 26.3. The fourth-order valence-corrected chi connectivity index (χ4v) is 6.02. The van der Waals surface area contributed by atoms with Crippen LogP contribution in [0, 0.1) is 6.92 Å². The van der Waals surface area contributed by atoms with Gasteiger partial charge in [0, 0.05) is 31.7 Å². The number of hydrogen-bond donors (Lipinski definition) is 0. The summed E-state index contributed by atoms with van der Waals surface area (Å²) in [7, 11) is -3.97. The highest BCUT2D eigenvalue weighted by molar-refractivity contribution is 7.91. The SMILES string of the molecule is Cc1ccc(S(=O)(=O)c2nc(-c3ccco3)oc2N2CCN(C(=O)c3cccc4ccccc34)CC2)cc1. The number of rotatable bonds is 5. The van der Waals surface area contributed by atoms with Gasteiger partial charge in [0.1, 0.15) is 0 Å². The second-order valence-corrected chi connectivity index (χ2v) is 11.1. The molecule has 1 aliphatic rings. The molecule has 3 heterocycles. The van der Waals surface area contributed by atoms with Gasteiger partial charge >= 0.3 is 0 Å². The van der Waals surface area contributed by atoms with Crippen molar-refractivity contribution in [2.75, 3.05) is 31.1 Å². The normalized spacial score (nSPS) is 14.2. The van der Waals surface area contributed by atoms with E-state index in [9.17, 15) is 13.2 Å². The van der Waals surface area contributed by atoms with Crippen LogP contribution in [0.15, 0.2) is 104 Å². The number of sulfone groups is 1. The van der Waals surface area contributed by atoms with Gasteiger partial charge in [-0.1, -0.05) is 54.1 Å². The minimum absolute atomic E-state index is 0.0530. The van der Waals surface area contributed by atoms with Crippen LogP contribution in [0.4, 0.5) is 5.88 Å². The van der Waals surface area contributed by atoms with E-state index in [-0.39, 0.29) is 27.6 Å².